The van der Waals surface area contributed by atoms with Gasteiger partial charge in [0.2, 0.25) is 0 Å². The van der Waals surface area contributed by atoms with Crippen LogP contribution in [0.2, 0.25) is 5.02 Å². The van der Waals surface area contributed by atoms with E-state index in [1.165, 1.54) is 18.5 Å². The molecule has 2 heterocycles. The van der Waals surface area contributed by atoms with Gasteiger partial charge < -0.3 is 5.32 Å². The standard InChI is InChI=1S/C15H25ClN4/c1-4-20-14(15(16)11(3)18-20)9-19-8-10(2)17-7-13(19)12-5-6-12/h10,12-13,17H,4-9H2,1-3H3. The number of nitrogens with one attached hydrogen (secondary N) is 1. The zero-order valence-electron chi connectivity index (χ0n) is 12.7. The molecule has 1 saturated carbocycles. The van der Waals surface area contributed by atoms with Gasteiger partial charge in [0.25, 0.3) is 0 Å². The van der Waals surface area contributed by atoms with Gasteiger partial charge in [0.15, 0.2) is 0 Å². The summed E-state index contributed by atoms with van der Waals surface area (Å²) in [5, 5.41) is 9.02. The van der Waals surface area contributed by atoms with Crippen molar-refractivity contribution in [3.05, 3.63) is 16.4 Å². The number of aromatic nitrogens is 2. The molecule has 1 aromatic heterocycles. The van der Waals surface area contributed by atoms with E-state index in [1.807, 2.05) is 6.92 Å². The van der Waals surface area contributed by atoms with Crippen LogP contribution in [0.1, 0.15) is 38.1 Å². The average Bonchev–Trinajstić information content (AvgIpc) is 3.22. The molecule has 0 aromatic carbocycles. The Morgan fingerprint density at radius 2 is 2.15 bits per heavy atom. The van der Waals surface area contributed by atoms with Crippen molar-refractivity contribution in [1.29, 1.82) is 0 Å². The van der Waals surface area contributed by atoms with Gasteiger partial charge in [0, 0.05) is 38.3 Å². The van der Waals surface area contributed by atoms with Crippen LogP contribution in [-0.4, -0.2) is 39.9 Å². The molecule has 5 heteroatoms. The molecule has 20 heavy (non-hydrogen) atoms. The summed E-state index contributed by atoms with van der Waals surface area (Å²) in [4.78, 5) is 2.62. The van der Waals surface area contributed by atoms with Gasteiger partial charge in [-0.15, -0.1) is 0 Å². The van der Waals surface area contributed by atoms with Gasteiger partial charge in [-0.05, 0) is 39.5 Å². The highest BCUT2D eigenvalue weighted by Gasteiger charge is 2.38. The Bertz CT molecular complexity index is 480. The highest BCUT2D eigenvalue weighted by atomic mass is 35.5. The number of hydrogen-bond acceptors (Lipinski definition) is 3. The van der Waals surface area contributed by atoms with E-state index < -0.39 is 0 Å². The smallest absolute Gasteiger partial charge is 0.0860 e. The van der Waals surface area contributed by atoms with Gasteiger partial charge in [-0.25, -0.2) is 0 Å². The van der Waals surface area contributed by atoms with Crippen LogP contribution in [-0.2, 0) is 13.1 Å². The maximum Gasteiger partial charge on any atom is 0.0860 e. The quantitative estimate of drug-likeness (QED) is 0.926. The van der Waals surface area contributed by atoms with Crippen LogP contribution in [0, 0.1) is 12.8 Å². The van der Waals surface area contributed by atoms with Crippen LogP contribution in [0.25, 0.3) is 0 Å². The number of halogens is 1. The second kappa shape index (κ2) is 5.66. The maximum absolute atomic E-state index is 6.47. The highest BCUT2D eigenvalue weighted by Crippen LogP contribution is 2.37. The molecule has 2 fully saturated rings. The molecule has 0 spiro atoms. The lowest BCUT2D eigenvalue weighted by Crippen LogP contribution is -2.56. The van der Waals surface area contributed by atoms with Gasteiger partial charge in [-0.2, -0.15) is 5.10 Å². The van der Waals surface area contributed by atoms with Crippen molar-refractivity contribution in [1.82, 2.24) is 20.0 Å². The molecule has 2 atom stereocenters. The Balaban J connectivity index is 1.80. The van der Waals surface area contributed by atoms with Crippen LogP contribution in [0.15, 0.2) is 0 Å². The van der Waals surface area contributed by atoms with Crippen molar-refractivity contribution >= 4 is 11.6 Å². The van der Waals surface area contributed by atoms with E-state index in [4.69, 9.17) is 11.6 Å². The van der Waals surface area contributed by atoms with Gasteiger partial charge in [-0.1, -0.05) is 11.6 Å². The van der Waals surface area contributed by atoms with E-state index in [2.05, 4.69) is 33.8 Å². The first-order chi connectivity index (χ1) is 9.60. The van der Waals surface area contributed by atoms with Crippen LogP contribution in [0.3, 0.4) is 0 Å². The fourth-order valence-corrected chi connectivity index (χ4v) is 3.54. The molecular formula is C15H25ClN4. The van der Waals surface area contributed by atoms with E-state index in [0.29, 0.717) is 12.1 Å². The monoisotopic (exact) mass is 296 g/mol. The maximum atomic E-state index is 6.47. The number of nitrogens with zero attached hydrogens (tertiary/aromatic N) is 3. The van der Waals surface area contributed by atoms with E-state index in [1.54, 1.807) is 0 Å². The Kier molecular flexibility index (Phi) is 4.07. The fraction of sp³-hybridized carbons (Fsp3) is 0.800. The summed E-state index contributed by atoms with van der Waals surface area (Å²) in [5.41, 5.74) is 2.14. The Morgan fingerprint density at radius 1 is 1.40 bits per heavy atom. The first kappa shape index (κ1) is 14.4. The van der Waals surface area contributed by atoms with Gasteiger partial charge >= 0.3 is 0 Å². The molecule has 1 N–H and O–H groups in total. The third kappa shape index (κ3) is 2.74. The number of aryl methyl sites for hydroxylation is 2. The lowest BCUT2D eigenvalue weighted by molar-refractivity contribution is 0.109. The summed E-state index contributed by atoms with van der Waals surface area (Å²) in [6, 6.07) is 1.23. The third-order valence-electron chi connectivity index (χ3n) is 4.62. The molecule has 2 aliphatic rings. The van der Waals surface area contributed by atoms with Crippen LogP contribution < -0.4 is 5.32 Å². The molecule has 1 saturated heterocycles. The first-order valence-electron chi connectivity index (χ1n) is 7.79. The zero-order chi connectivity index (χ0) is 14.3. The molecule has 2 unspecified atom stereocenters. The van der Waals surface area contributed by atoms with Crippen molar-refractivity contribution in [2.45, 2.75) is 58.8 Å². The topological polar surface area (TPSA) is 33.1 Å². The van der Waals surface area contributed by atoms with Gasteiger partial charge in [0.1, 0.15) is 0 Å². The van der Waals surface area contributed by atoms with Crippen molar-refractivity contribution < 1.29 is 0 Å². The van der Waals surface area contributed by atoms with E-state index in [9.17, 15) is 0 Å². The van der Waals surface area contributed by atoms with Crippen molar-refractivity contribution in [2.24, 2.45) is 5.92 Å². The van der Waals surface area contributed by atoms with E-state index in [0.717, 1.165) is 42.8 Å². The minimum absolute atomic E-state index is 0.558. The van der Waals surface area contributed by atoms with Crippen molar-refractivity contribution in [3.63, 3.8) is 0 Å². The molecule has 1 aromatic rings. The molecule has 0 bridgehead atoms. The predicted octanol–water partition coefficient (Wildman–Crippen LogP) is 2.44. The summed E-state index contributed by atoms with van der Waals surface area (Å²) < 4.78 is 2.06. The summed E-state index contributed by atoms with van der Waals surface area (Å²) in [5.74, 6) is 0.882. The molecule has 0 amide bonds. The largest absolute Gasteiger partial charge is 0.311 e. The molecule has 1 aliphatic heterocycles. The molecule has 0 radical (unpaired) electrons. The van der Waals surface area contributed by atoms with Crippen molar-refractivity contribution in [2.75, 3.05) is 13.1 Å². The molecule has 4 nitrogen and oxygen atoms in total. The Morgan fingerprint density at radius 3 is 2.80 bits per heavy atom. The number of hydrogen-bond donors (Lipinski definition) is 1. The van der Waals surface area contributed by atoms with Crippen LogP contribution >= 0.6 is 11.6 Å². The second-order valence-electron chi connectivity index (χ2n) is 6.31. The van der Waals surface area contributed by atoms with Gasteiger partial charge in [0.05, 0.1) is 16.4 Å². The molecule has 112 valence electrons. The van der Waals surface area contributed by atoms with Crippen LogP contribution in [0.5, 0.6) is 0 Å². The lowest BCUT2D eigenvalue weighted by atomic mass is 10.1. The first-order valence-corrected chi connectivity index (χ1v) is 8.17. The van der Waals surface area contributed by atoms with E-state index >= 15 is 0 Å². The van der Waals surface area contributed by atoms with Crippen molar-refractivity contribution in [3.8, 4) is 0 Å². The Labute approximate surface area is 126 Å². The summed E-state index contributed by atoms with van der Waals surface area (Å²) in [7, 11) is 0. The van der Waals surface area contributed by atoms with Gasteiger partial charge in [-0.3, -0.25) is 9.58 Å². The number of rotatable bonds is 4. The SMILES string of the molecule is CCn1nc(C)c(Cl)c1CN1CC(C)NCC1C1CC1. The third-order valence-corrected chi connectivity index (χ3v) is 5.12. The predicted molar refractivity (Wildman–Crippen MR) is 82.0 cm³/mol. The lowest BCUT2D eigenvalue weighted by Gasteiger charge is -2.39. The fourth-order valence-electron chi connectivity index (χ4n) is 3.34. The molecule has 3 rings (SSSR count). The second-order valence-corrected chi connectivity index (χ2v) is 6.68. The summed E-state index contributed by atoms with van der Waals surface area (Å²) >= 11 is 6.47. The van der Waals surface area contributed by atoms with Crippen LogP contribution in [0.4, 0.5) is 0 Å². The highest BCUT2D eigenvalue weighted by molar-refractivity contribution is 6.31. The average molecular weight is 297 g/mol. The Hall–Kier alpha value is -0.580. The minimum Gasteiger partial charge on any atom is -0.311 e. The summed E-state index contributed by atoms with van der Waals surface area (Å²) in [6.07, 6.45) is 2.77. The zero-order valence-corrected chi connectivity index (χ0v) is 13.5. The molecular weight excluding hydrogens is 272 g/mol. The molecule has 1 aliphatic carbocycles. The van der Waals surface area contributed by atoms with E-state index in [-0.39, 0.29) is 0 Å². The summed E-state index contributed by atoms with van der Waals surface area (Å²) in [6.45, 7) is 10.4. The minimum atomic E-state index is 0.558. The number of piperazine rings is 1. The normalized spacial score (nSPS) is 28.0.